The number of aromatic nitrogens is 2. The summed E-state index contributed by atoms with van der Waals surface area (Å²) in [6.07, 6.45) is 1.87. The smallest absolute Gasteiger partial charge is 0.142 e. The van der Waals surface area contributed by atoms with Crippen molar-refractivity contribution in [3.63, 3.8) is 0 Å². The normalized spacial score (nSPS) is 11.1. The summed E-state index contributed by atoms with van der Waals surface area (Å²) >= 11 is 11.9. The van der Waals surface area contributed by atoms with Crippen molar-refractivity contribution in [2.24, 2.45) is 7.05 Å². The van der Waals surface area contributed by atoms with Crippen molar-refractivity contribution in [1.82, 2.24) is 15.1 Å². The van der Waals surface area contributed by atoms with Gasteiger partial charge in [-0.25, -0.2) is 4.39 Å². The number of halogens is 3. The fourth-order valence-electron chi connectivity index (χ4n) is 2.00. The maximum atomic E-state index is 13.7. The van der Waals surface area contributed by atoms with E-state index in [2.05, 4.69) is 10.4 Å². The third-order valence-corrected chi connectivity index (χ3v) is 3.57. The number of nitrogens with one attached hydrogen (secondary N) is 1. The van der Waals surface area contributed by atoms with Crippen LogP contribution in [0.15, 0.2) is 18.3 Å². The fourth-order valence-corrected chi connectivity index (χ4v) is 2.47. The average Bonchev–Trinajstić information content (AvgIpc) is 2.80. The van der Waals surface area contributed by atoms with Crippen molar-refractivity contribution < 1.29 is 9.13 Å². The lowest BCUT2D eigenvalue weighted by molar-refractivity contribution is 0.199. The maximum Gasteiger partial charge on any atom is 0.142 e. The molecule has 114 valence electrons. The number of benzene rings is 1. The van der Waals surface area contributed by atoms with Gasteiger partial charge in [-0.15, -0.1) is 0 Å². The van der Waals surface area contributed by atoms with Gasteiger partial charge in [0.15, 0.2) is 0 Å². The van der Waals surface area contributed by atoms with Crippen molar-refractivity contribution in [2.75, 3.05) is 20.3 Å². The minimum Gasteiger partial charge on any atom is -0.383 e. The predicted molar refractivity (Wildman–Crippen MR) is 82.2 cm³/mol. The van der Waals surface area contributed by atoms with E-state index in [0.29, 0.717) is 36.0 Å². The Morgan fingerprint density at radius 3 is 2.81 bits per heavy atom. The van der Waals surface area contributed by atoms with E-state index in [0.717, 1.165) is 5.56 Å². The molecule has 2 aromatic rings. The molecular formula is C14H16Cl2FN3O. The summed E-state index contributed by atoms with van der Waals surface area (Å²) in [5.41, 5.74) is 2.10. The first-order valence-electron chi connectivity index (χ1n) is 6.40. The highest BCUT2D eigenvalue weighted by atomic mass is 35.5. The quantitative estimate of drug-likeness (QED) is 0.652. The third kappa shape index (κ3) is 3.95. The summed E-state index contributed by atoms with van der Waals surface area (Å²) in [5, 5.41) is 7.97. The van der Waals surface area contributed by atoms with Gasteiger partial charge in [0.2, 0.25) is 0 Å². The lowest BCUT2D eigenvalue weighted by Crippen LogP contribution is -2.18. The molecule has 0 unspecified atom stereocenters. The molecule has 0 atom stereocenters. The van der Waals surface area contributed by atoms with Crippen LogP contribution in [0, 0.1) is 5.82 Å². The molecule has 0 saturated heterocycles. The molecule has 0 aliphatic carbocycles. The number of methoxy groups -OCH3 is 1. The van der Waals surface area contributed by atoms with Crippen molar-refractivity contribution in [2.45, 2.75) is 6.54 Å². The Morgan fingerprint density at radius 1 is 1.33 bits per heavy atom. The molecule has 21 heavy (non-hydrogen) atoms. The molecule has 2 rings (SSSR count). The Bertz CT molecular complexity index is 631. The lowest BCUT2D eigenvalue weighted by atomic mass is 10.1. The van der Waals surface area contributed by atoms with Crippen LogP contribution in [-0.4, -0.2) is 30.0 Å². The Hall–Kier alpha value is -1.14. The number of rotatable bonds is 6. The summed E-state index contributed by atoms with van der Waals surface area (Å²) in [7, 11) is 3.45. The van der Waals surface area contributed by atoms with Crippen LogP contribution in [0.25, 0.3) is 11.3 Å². The molecule has 7 heteroatoms. The van der Waals surface area contributed by atoms with Gasteiger partial charge in [-0.3, -0.25) is 4.68 Å². The van der Waals surface area contributed by atoms with Crippen molar-refractivity contribution in [3.05, 3.63) is 39.8 Å². The van der Waals surface area contributed by atoms with Gasteiger partial charge in [0.25, 0.3) is 0 Å². The van der Waals surface area contributed by atoms with Crippen LogP contribution in [0.2, 0.25) is 10.0 Å². The summed E-state index contributed by atoms with van der Waals surface area (Å²) in [6, 6.07) is 2.70. The van der Waals surface area contributed by atoms with E-state index in [1.807, 2.05) is 13.2 Å². The molecule has 0 radical (unpaired) electrons. The number of nitrogens with zero attached hydrogens (tertiary/aromatic N) is 2. The number of hydrogen-bond donors (Lipinski definition) is 1. The van der Waals surface area contributed by atoms with Gasteiger partial charge < -0.3 is 10.1 Å². The summed E-state index contributed by atoms with van der Waals surface area (Å²) in [6.45, 7) is 1.92. The van der Waals surface area contributed by atoms with E-state index >= 15 is 0 Å². The number of ether oxygens (including phenoxy) is 1. The first kappa shape index (κ1) is 16.2. The first-order valence-corrected chi connectivity index (χ1v) is 7.15. The molecule has 0 aliphatic rings. The molecule has 1 N–H and O–H groups in total. The van der Waals surface area contributed by atoms with Crippen LogP contribution < -0.4 is 5.32 Å². The van der Waals surface area contributed by atoms with Crippen molar-refractivity contribution in [1.29, 1.82) is 0 Å². The molecule has 0 saturated carbocycles. The zero-order valence-electron chi connectivity index (χ0n) is 11.8. The van der Waals surface area contributed by atoms with Crippen LogP contribution in [-0.2, 0) is 18.3 Å². The highest BCUT2D eigenvalue weighted by Gasteiger charge is 2.15. The lowest BCUT2D eigenvalue weighted by Gasteiger charge is -2.07. The van der Waals surface area contributed by atoms with Crippen LogP contribution in [0.5, 0.6) is 0 Å². The molecule has 0 amide bonds. The first-order chi connectivity index (χ1) is 10.0. The fraction of sp³-hybridized carbons (Fsp3) is 0.357. The van der Waals surface area contributed by atoms with Gasteiger partial charge in [-0.2, -0.15) is 5.10 Å². The van der Waals surface area contributed by atoms with E-state index in [-0.39, 0.29) is 5.02 Å². The van der Waals surface area contributed by atoms with Crippen molar-refractivity contribution in [3.8, 4) is 11.3 Å². The van der Waals surface area contributed by atoms with Gasteiger partial charge in [0.1, 0.15) is 5.82 Å². The molecule has 1 aromatic carbocycles. The average molecular weight is 332 g/mol. The molecule has 0 aliphatic heterocycles. The largest absolute Gasteiger partial charge is 0.383 e. The van der Waals surface area contributed by atoms with E-state index in [4.69, 9.17) is 27.9 Å². The molecule has 1 aromatic heterocycles. The second kappa shape index (κ2) is 7.22. The Labute approximate surface area is 132 Å². The van der Waals surface area contributed by atoms with Crippen molar-refractivity contribution >= 4 is 23.2 Å². The summed E-state index contributed by atoms with van der Waals surface area (Å²) < 4.78 is 20.3. The van der Waals surface area contributed by atoms with Crippen LogP contribution in [0.1, 0.15) is 5.56 Å². The maximum absolute atomic E-state index is 13.7. The molecule has 0 fully saturated rings. The predicted octanol–water partition coefficient (Wildman–Crippen LogP) is 3.27. The topological polar surface area (TPSA) is 39.1 Å². The minimum atomic E-state index is -0.514. The van der Waals surface area contributed by atoms with Gasteiger partial charge in [-0.1, -0.05) is 23.2 Å². The zero-order chi connectivity index (χ0) is 15.4. The van der Waals surface area contributed by atoms with E-state index in [1.165, 1.54) is 12.1 Å². The monoisotopic (exact) mass is 331 g/mol. The molecule has 0 bridgehead atoms. The molecular weight excluding hydrogens is 316 g/mol. The van der Waals surface area contributed by atoms with Crippen LogP contribution in [0.3, 0.4) is 0 Å². The van der Waals surface area contributed by atoms with Gasteiger partial charge in [0, 0.05) is 44.6 Å². The van der Waals surface area contributed by atoms with E-state index in [9.17, 15) is 4.39 Å². The van der Waals surface area contributed by atoms with E-state index in [1.54, 1.807) is 11.8 Å². The number of hydrogen-bond acceptors (Lipinski definition) is 3. The Balaban J connectivity index is 2.29. The van der Waals surface area contributed by atoms with Gasteiger partial charge >= 0.3 is 0 Å². The second-order valence-corrected chi connectivity index (χ2v) is 5.41. The van der Waals surface area contributed by atoms with Crippen LogP contribution in [0.4, 0.5) is 4.39 Å². The third-order valence-electron chi connectivity index (χ3n) is 2.97. The molecule has 1 heterocycles. The Kier molecular flexibility index (Phi) is 5.58. The highest BCUT2D eigenvalue weighted by molar-refractivity contribution is 6.36. The van der Waals surface area contributed by atoms with E-state index < -0.39 is 5.82 Å². The Morgan fingerprint density at radius 2 is 2.10 bits per heavy atom. The standard InChI is InChI=1S/C14H16Cl2FN3O/c1-20-8-9(7-18-3-4-21-2)14(19-20)10-5-13(17)12(16)6-11(10)15/h5-6,8,18H,3-4,7H2,1-2H3. The summed E-state index contributed by atoms with van der Waals surface area (Å²) in [4.78, 5) is 0. The number of aryl methyl sites for hydroxylation is 1. The zero-order valence-corrected chi connectivity index (χ0v) is 13.3. The molecule has 0 spiro atoms. The summed E-state index contributed by atoms with van der Waals surface area (Å²) in [5.74, 6) is -0.514. The van der Waals surface area contributed by atoms with Gasteiger partial charge in [0.05, 0.1) is 22.3 Å². The minimum absolute atomic E-state index is 0.000509. The van der Waals surface area contributed by atoms with Gasteiger partial charge in [-0.05, 0) is 12.1 Å². The SMILES string of the molecule is COCCNCc1cn(C)nc1-c1cc(F)c(Cl)cc1Cl. The second-order valence-electron chi connectivity index (χ2n) is 4.59. The highest BCUT2D eigenvalue weighted by Crippen LogP contribution is 2.33. The van der Waals surface area contributed by atoms with Crippen LogP contribution >= 0.6 is 23.2 Å². The molecule has 4 nitrogen and oxygen atoms in total.